The highest BCUT2D eigenvalue weighted by molar-refractivity contribution is 9.10. The molecule has 1 saturated heterocycles. The van der Waals surface area contributed by atoms with E-state index >= 15 is 0 Å². The lowest BCUT2D eigenvalue weighted by Crippen LogP contribution is -2.55. The number of halogens is 1. The number of carbonyl (C=O) groups excluding carboxylic acids is 2. The lowest BCUT2D eigenvalue weighted by Gasteiger charge is -2.38. The summed E-state index contributed by atoms with van der Waals surface area (Å²) < 4.78 is 6.69. The summed E-state index contributed by atoms with van der Waals surface area (Å²) in [7, 11) is 0. The molecule has 0 spiro atoms. The van der Waals surface area contributed by atoms with Crippen molar-refractivity contribution in [3.8, 4) is 5.75 Å². The molecule has 0 saturated carbocycles. The first-order chi connectivity index (χ1) is 11.2. The van der Waals surface area contributed by atoms with Crippen LogP contribution in [0.1, 0.15) is 27.7 Å². The van der Waals surface area contributed by atoms with Crippen molar-refractivity contribution in [1.29, 1.82) is 0 Å². The molecule has 1 atom stereocenters. The molecule has 5 nitrogen and oxygen atoms in total. The van der Waals surface area contributed by atoms with Crippen LogP contribution in [0.25, 0.3) is 0 Å². The van der Waals surface area contributed by atoms with Crippen LogP contribution in [0.5, 0.6) is 5.75 Å². The number of hydrogen-bond acceptors (Lipinski definition) is 3. The molecular weight excluding hydrogens is 372 g/mol. The van der Waals surface area contributed by atoms with Gasteiger partial charge in [-0.05, 0) is 31.2 Å². The Kier molecular flexibility index (Phi) is 5.91. The molecule has 1 aliphatic heterocycles. The monoisotopic (exact) mass is 396 g/mol. The highest BCUT2D eigenvalue weighted by Crippen LogP contribution is 2.20. The van der Waals surface area contributed by atoms with E-state index in [0.29, 0.717) is 31.9 Å². The molecule has 1 aromatic carbocycles. The molecule has 0 N–H and O–H groups in total. The molecule has 0 bridgehead atoms. The van der Waals surface area contributed by atoms with Crippen LogP contribution in [0.3, 0.4) is 0 Å². The van der Waals surface area contributed by atoms with Gasteiger partial charge in [-0.2, -0.15) is 0 Å². The van der Waals surface area contributed by atoms with Crippen LogP contribution in [-0.2, 0) is 9.59 Å². The Hall–Kier alpha value is -1.56. The fourth-order valence-corrected chi connectivity index (χ4v) is 2.89. The van der Waals surface area contributed by atoms with Gasteiger partial charge < -0.3 is 14.5 Å². The maximum absolute atomic E-state index is 12.5. The van der Waals surface area contributed by atoms with E-state index in [1.165, 1.54) is 0 Å². The van der Waals surface area contributed by atoms with E-state index in [1.54, 1.807) is 11.8 Å². The van der Waals surface area contributed by atoms with Crippen molar-refractivity contribution in [2.45, 2.75) is 33.8 Å². The summed E-state index contributed by atoms with van der Waals surface area (Å²) in [6, 6.07) is 7.41. The maximum Gasteiger partial charge on any atom is 0.263 e. The lowest BCUT2D eigenvalue weighted by atomic mass is 9.94. The van der Waals surface area contributed by atoms with Crippen molar-refractivity contribution in [2.75, 3.05) is 26.2 Å². The van der Waals surface area contributed by atoms with E-state index in [-0.39, 0.29) is 17.2 Å². The fourth-order valence-electron chi connectivity index (χ4n) is 2.63. The molecule has 1 heterocycles. The quantitative estimate of drug-likeness (QED) is 0.788. The summed E-state index contributed by atoms with van der Waals surface area (Å²) in [5.74, 6) is 0.759. The van der Waals surface area contributed by atoms with Gasteiger partial charge in [-0.1, -0.05) is 36.7 Å². The zero-order valence-electron chi connectivity index (χ0n) is 14.7. The predicted octanol–water partition coefficient (Wildman–Crippen LogP) is 2.93. The zero-order valence-corrected chi connectivity index (χ0v) is 16.3. The summed E-state index contributed by atoms with van der Waals surface area (Å²) in [4.78, 5) is 28.4. The van der Waals surface area contributed by atoms with Gasteiger partial charge in [0, 0.05) is 36.1 Å². The van der Waals surface area contributed by atoms with Crippen molar-refractivity contribution >= 4 is 27.7 Å². The maximum atomic E-state index is 12.5. The van der Waals surface area contributed by atoms with Crippen LogP contribution >= 0.6 is 15.9 Å². The van der Waals surface area contributed by atoms with Gasteiger partial charge in [0.05, 0.1) is 0 Å². The number of ether oxygens (including phenoxy) is 1. The van der Waals surface area contributed by atoms with Crippen LogP contribution in [0, 0.1) is 5.41 Å². The molecule has 0 aromatic heterocycles. The molecule has 1 aromatic rings. The molecule has 2 amide bonds. The van der Waals surface area contributed by atoms with Gasteiger partial charge in [-0.15, -0.1) is 0 Å². The number of nitrogens with zero attached hydrogens (tertiary/aromatic N) is 2. The zero-order chi connectivity index (χ0) is 17.9. The van der Waals surface area contributed by atoms with E-state index < -0.39 is 6.10 Å². The molecule has 1 fully saturated rings. The largest absolute Gasteiger partial charge is 0.481 e. The minimum absolute atomic E-state index is 0.0409. The predicted molar refractivity (Wildman–Crippen MR) is 96.8 cm³/mol. The second-order valence-electron chi connectivity index (χ2n) is 7.08. The number of hydrogen-bond donors (Lipinski definition) is 0. The first-order valence-electron chi connectivity index (χ1n) is 8.19. The molecule has 132 valence electrons. The second kappa shape index (κ2) is 7.55. The average Bonchev–Trinajstić information content (AvgIpc) is 2.55. The molecule has 1 unspecified atom stereocenters. The van der Waals surface area contributed by atoms with E-state index in [4.69, 9.17) is 4.74 Å². The minimum Gasteiger partial charge on any atom is -0.481 e. The molecule has 0 radical (unpaired) electrons. The molecule has 0 aliphatic carbocycles. The topological polar surface area (TPSA) is 49.9 Å². The number of piperazine rings is 1. The van der Waals surface area contributed by atoms with E-state index in [9.17, 15) is 9.59 Å². The van der Waals surface area contributed by atoms with Gasteiger partial charge in [-0.3, -0.25) is 9.59 Å². The Labute approximate surface area is 152 Å². The highest BCUT2D eigenvalue weighted by atomic mass is 79.9. The third kappa shape index (κ3) is 4.72. The summed E-state index contributed by atoms with van der Waals surface area (Å²) >= 11 is 3.37. The minimum atomic E-state index is -0.545. The summed E-state index contributed by atoms with van der Waals surface area (Å²) in [5.41, 5.74) is -0.385. The van der Waals surface area contributed by atoms with Gasteiger partial charge in [-0.25, -0.2) is 0 Å². The Morgan fingerprint density at radius 2 is 1.54 bits per heavy atom. The van der Waals surface area contributed by atoms with Gasteiger partial charge in [0.2, 0.25) is 5.91 Å². The van der Waals surface area contributed by atoms with Crippen molar-refractivity contribution in [3.63, 3.8) is 0 Å². The van der Waals surface area contributed by atoms with E-state index in [0.717, 1.165) is 4.47 Å². The Morgan fingerprint density at radius 1 is 1.04 bits per heavy atom. The van der Waals surface area contributed by atoms with Crippen molar-refractivity contribution in [3.05, 3.63) is 28.7 Å². The molecule has 1 aliphatic rings. The van der Waals surface area contributed by atoms with Gasteiger partial charge in [0.1, 0.15) is 5.75 Å². The Morgan fingerprint density at radius 3 is 2.04 bits per heavy atom. The summed E-state index contributed by atoms with van der Waals surface area (Å²) in [5, 5.41) is 0. The van der Waals surface area contributed by atoms with E-state index in [1.807, 2.05) is 49.9 Å². The standard InChI is InChI=1S/C18H25BrN2O3/c1-13(24-15-7-5-14(19)6-8-15)16(22)20-9-11-21(12-10-20)17(23)18(2,3)4/h5-8,13H,9-12H2,1-4H3. The van der Waals surface area contributed by atoms with Crippen molar-refractivity contribution < 1.29 is 14.3 Å². The smallest absolute Gasteiger partial charge is 0.263 e. The molecular formula is C18H25BrN2O3. The SMILES string of the molecule is CC(Oc1ccc(Br)cc1)C(=O)N1CCN(C(=O)C(C)(C)C)CC1. The van der Waals surface area contributed by atoms with Crippen molar-refractivity contribution in [2.24, 2.45) is 5.41 Å². The Bertz CT molecular complexity index is 587. The first-order valence-corrected chi connectivity index (χ1v) is 8.98. The number of rotatable bonds is 3. The lowest BCUT2D eigenvalue weighted by molar-refractivity contribution is -0.147. The van der Waals surface area contributed by atoms with Crippen LogP contribution in [0.15, 0.2) is 28.7 Å². The fraction of sp³-hybridized carbons (Fsp3) is 0.556. The van der Waals surface area contributed by atoms with E-state index in [2.05, 4.69) is 15.9 Å². The third-order valence-corrected chi connectivity index (χ3v) is 4.52. The Balaban J connectivity index is 1.88. The average molecular weight is 397 g/mol. The number of benzene rings is 1. The summed E-state index contributed by atoms with van der Waals surface area (Å²) in [6.07, 6.45) is -0.545. The number of amides is 2. The third-order valence-electron chi connectivity index (χ3n) is 3.99. The van der Waals surface area contributed by atoms with Crippen molar-refractivity contribution in [1.82, 2.24) is 9.80 Å². The molecule has 2 rings (SSSR count). The molecule has 6 heteroatoms. The van der Waals surface area contributed by atoms with Gasteiger partial charge in [0.15, 0.2) is 6.10 Å². The van der Waals surface area contributed by atoms with Crippen LogP contribution in [-0.4, -0.2) is 53.9 Å². The van der Waals surface area contributed by atoms with Crippen LogP contribution < -0.4 is 4.74 Å². The number of carbonyl (C=O) groups is 2. The second-order valence-corrected chi connectivity index (χ2v) is 8.00. The highest BCUT2D eigenvalue weighted by Gasteiger charge is 2.32. The van der Waals surface area contributed by atoms with Gasteiger partial charge >= 0.3 is 0 Å². The first kappa shape index (κ1) is 18.8. The van der Waals surface area contributed by atoms with Crippen LogP contribution in [0.2, 0.25) is 0 Å². The normalized spacial score (nSPS) is 16.7. The van der Waals surface area contributed by atoms with Gasteiger partial charge in [0.25, 0.3) is 5.91 Å². The molecule has 24 heavy (non-hydrogen) atoms. The van der Waals surface area contributed by atoms with Crippen LogP contribution in [0.4, 0.5) is 0 Å². The summed E-state index contributed by atoms with van der Waals surface area (Å²) in [6.45, 7) is 9.77.